The first-order valence-electron chi connectivity index (χ1n) is 7.72. The minimum Gasteiger partial charge on any atom is -0.397 e. The highest BCUT2D eigenvalue weighted by molar-refractivity contribution is 6.09. The van der Waals surface area contributed by atoms with Crippen molar-refractivity contribution in [3.63, 3.8) is 0 Å². The predicted octanol–water partition coefficient (Wildman–Crippen LogP) is 5.04. The molecule has 4 rings (SSSR count). The molecular formula is C19H15ClN4O2. The fourth-order valence-corrected chi connectivity index (χ4v) is 2.88. The number of para-hydroxylation sites is 2. The first-order chi connectivity index (χ1) is 12.1. The van der Waals surface area contributed by atoms with E-state index >= 15 is 0 Å². The fraction of sp³-hybridized carbons (Fsp3) is 0. The molecule has 3 N–H and O–H groups in total. The number of non-ortho nitro benzene ring substituents is 1. The van der Waals surface area contributed by atoms with Crippen LogP contribution in [-0.4, -0.2) is 9.91 Å². The Kier molecular flexibility index (Phi) is 4.60. The summed E-state index contributed by atoms with van der Waals surface area (Å²) in [6.45, 7) is 0. The van der Waals surface area contributed by atoms with Crippen LogP contribution in [0.15, 0.2) is 66.7 Å². The number of rotatable bonds is 3. The van der Waals surface area contributed by atoms with Gasteiger partial charge in [0.2, 0.25) is 0 Å². The Labute approximate surface area is 155 Å². The van der Waals surface area contributed by atoms with Crippen molar-refractivity contribution in [2.45, 2.75) is 0 Å². The smallest absolute Gasteiger partial charge is 0.271 e. The van der Waals surface area contributed by atoms with Crippen LogP contribution in [0, 0.1) is 10.1 Å². The monoisotopic (exact) mass is 366 g/mol. The molecule has 1 heterocycles. The van der Waals surface area contributed by atoms with E-state index < -0.39 is 4.92 Å². The van der Waals surface area contributed by atoms with Crippen LogP contribution >= 0.6 is 12.4 Å². The Morgan fingerprint density at radius 1 is 0.923 bits per heavy atom. The lowest BCUT2D eigenvalue weighted by molar-refractivity contribution is -0.384. The molecule has 0 aliphatic carbocycles. The van der Waals surface area contributed by atoms with Crippen molar-refractivity contribution in [1.82, 2.24) is 4.98 Å². The van der Waals surface area contributed by atoms with Crippen molar-refractivity contribution in [2.24, 2.45) is 0 Å². The van der Waals surface area contributed by atoms with Crippen LogP contribution in [-0.2, 0) is 0 Å². The third-order valence-corrected chi connectivity index (χ3v) is 4.10. The molecule has 0 aliphatic rings. The standard InChI is InChI=1S/C19H14N4O2.ClH/c20-15-10-9-12(23(24)25)11-18(15)22-19-13-5-1-3-7-16(13)21-17-8-4-2-6-14(17)19;/h1-11H,20H2,(H,21,22);1H. The van der Waals surface area contributed by atoms with Gasteiger partial charge in [-0.3, -0.25) is 10.1 Å². The van der Waals surface area contributed by atoms with Crippen molar-refractivity contribution in [1.29, 1.82) is 0 Å². The topological polar surface area (TPSA) is 94.1 Å². The Balaban J connectivity index is 0.00000196. The molecular weight excluding hydrogens is 352 g/mol. The molecule has 0 fully saturated rings. The maximum Gasteiger partial charge on any atom is 0.271 e. The number of nitrogens with zero attached hydrogens (tertiary/aromatic N) is 2. The van der Waals surface area contributed by atoms with E-state index in [0.717, 1.165) is 27.5 Å². The van der Waals surface area contributed by atoms with Gasteiger partial charge in [-0.2, -0.15) is 0 Å². The highest BCUT2D eigenvalue weighted by atomic mass is 35.5. The van der Waals surface area contributed by atoms with Gasteiger partial charge in [-0.25, -0.2) is 4.98 Å². The fourth-order valence-electron chi connectivity index (χ4n) is 2.88. The van der Waals surface area contributed by atoms with E-state index in [-0.39, 0.29) is 18.1 Å². The number of nitro groups is 1. The van der Waals surface area contributed by atoms with Crippen LogP contribution in [0.5, 0.6) is 0 Å². The zero-order chi connectivity index (χ0) is 17.4. The summed E-state index contributed by atoms with van der Waals surface area (Å²) >= 11 is 0. The van der Waals surface area contributed by atoms with E-state index in [1.807, 2.05) is 48.5 Å². The maximum atomic E-state index is 11.1. The van der Waals surface area contributed by atoms with E-state index in [1.54, 1.807) is 0 Å². The summed E-state index contributed by atoms with van der Waals surface area (Å²) in [6, 6.07) is 19.9. The highest BCUT2D eigenvalue weighted by Gasteiger charge is 2.13. The number of fused-ring (bicyclic) bond motifs is 2. The lowest BCUT2D eigenvalue weighted by Gasteiger charge is -2.14. The molecule has 0 spiro atoms. The molecule has 0 bridgehead atoms. The average molecular weight is 367 g/mol. The number of anilines is 3. The number of hydrogen-bond donors (Lipinski definition) is 2. The quantitative estimate of drug-likeness (QED) is 0.229. The van der Waals surface area contributed by atoms with Gasteiger partial charge in [-0.15, -0.1) is 12.4 Å². The van der Waals surface area contributed by atoms with Crippen LogP contribution in [0.25, 0.3) is 21.8 Å². The third kappa shape index (κ3) is 2.98. The number of pyridine rings is 1. The third-order valence-electron chi connectivity index (χ3n) is 4.10. The second kappa shape index (κ2) is 6.85. The van der Waals surface area contributed by atoms with Gasteiger partial charge in [0, 0.05) is 22.9 Å². The average Bonchev–Trinajstić information content (AvgIpc) is 2.63. The van der Waals surface area contributed by atoms with Crippen LogP contribution in [0.3, 0.4) is 0 Å². The molecule has 130 valence electrons. The molecule has 4 aromatic rings. The van der Waals surface area contributed by atoms with Crippen molar-refractivity contribution < 1.29 is 4.92 Å². The second-order valence-corrected chi connectivity index (χ2v) is 5.67. The van der Waals surface area contributed by atoms with Gasteiger partial charge in [0.15, 0.2) is 0 Å². The number of nitrogens with one attached hydrogen (secondary N) is 1. The highest BCUT2D eigenvalue weighted by Crippen LogP contribution is 2.35. The van der Waals surface area contributed by atoms with Gasteiger partial charge in [-0.05, 0) is 18.2 Å². The second-order valence-electron chi connectivity index (χ2n) is 5.67. The van der Waals surface area contributed by atoms with Crippen molar-refractivity contribution in [3.05, 3.63) is 76.8 Å². The molecule has 6 nitrogen and oxygen atoms in total. The summed E-state index contributed by atoms with van der Waals surface area (Å²) in [6.07, 6.45) is 0. The van der Waals surface area contributed by atoms with E-state index in [0.29, 0.717) is 11.4 Å². The number of halogens is 1. The minimum absolute atomic E-state index is 0. The summed E-state index contributed by atoms with van der Waals surface area (Å²) in [7, 11) is 0. The summed E-state index contributed by atoms with van der Waals surface area (Å²) in [5, 5.41) is 16.2. The largest absolute Gasteiger partial charge is 0.397 e. The zero-order valence-corrected chi connectivity index (χ0v) is 14.4. The minimum atomic E-state index is -0.437. The molecule has 1 aromatic heterocycles. The molecule has 0 amide bonds. The Morgan fingerprint density at radius 2 is 1.50 bits per heavy atom. The summed E-state index contributed by atoms with van der Waals surface area (Å²) < 4.78 is 0. The molecule has 0 radical (unpaired) electrons. The SMILES string of the molecule is Cl.Nc1ccc([N+](=O)[O-])cc1Nc1c2ccccc2nc2ccccc12. The van der Waals surface area contributed by atoms with Crippen molar-refractivity contribution in [3.8, 4) is 0 Å². The molecule has 3 aromatic carbocycles. The van der Waals surface area contributed by atoms with E-state index in [9.17, 15) is 10.1 Å². The maximum absolute atomic E-state index is 11.1. The lowest BCUT2D eigenvalue weighted by Crippen LogP contribution is -2.00. The van der Waals surface area contributed by atoms with E-state index in [1.165, 1.54) is 18.2 Å². The van der Waals surface area contributed by atoms with Crippen molar-refractivity contribution >= 4 is 57.0 Å². The van der Waals surface area contributed by atoms with Gasteiger partial charge in [0.25, 0.3) is 5.69 Å². The lowest BCUT2D eigenvalue weighted by atomic mass is 10.1. The van der Waals surface area contributed by atoms with Crippen LogP contribution in [0.2, 0.25) is 0 Å². The Morgan fingerprint density at radius 3 is 2.08 bits per heavy atom. The summed E-state index contributed by atoms with van der Waals surface area (Å²) in [5.74, 6) is 0. The summed E-state index contributed by atoms with van der Waals surface area (Å²) in [4.78, 5) is 15.3. The van der Waals surface area contributed by atoms with Gasteiger partial charge < -0.3 is 11.1 Å². The summed E-state index contributed by atoms with van der Waals surface area (Å²) in [5.41, 5.74) is 9.45. The van der Waals surface area contributed by atoms with Gasteiger partial charge in [0.05, 0.1) is 33.0 Å². The molecule has 26 heavy (non-hydrogen) atoms. The Hall–Kier alpha value is -3.38. The molecule has 7 heteroatoms. The predicted molar refractivity (Wildman–Crippen MR) is 107 cm³/mol. The number of aromatic nitrogens is 1. The molecule has 0 saturated heterocycles. The first-order valence-corrected chi connectivity index (χ1v) is 7.72. The molecule has 0 atom stereocenters. The molecule has 0 saturated carbocycles. The number of nitrogen functional groups attached to an aromatic ring is 1. The first kappa shape index (κ1) is 17.4. The van der Waals surface area contributed by atoms with Crippen LogP contribution in [0.4, 0.5) is 22.7 Å². The van der Waals surface area contributed by atoms with Gasteiger partial charge in [0.1, 0.15) is 0 Å². The number of benzene rings is 3. The molecule has 0 unspecified atom stereocenters. The number of nitro benzene ring substituents is 1. The van der Waals surface area contributed by atoms with Gasteiger partial charge in [-0.1, -0.05) is 36.4 Å². The van der Waals surface area contributed by atoms with Crippen LogP contribution < -0.4 is 11.1 Å². The van der Waals surface area contributed by atoms with Crippen LogP contribution in [0.1, 0.15) is 0 Å². The zero-order valence-electron chi connectivity index (χ0n) is 13.5. The number of nitrogens with two attached hydrogens (primary N) is 1. The van der Waals surface area contributed by atoms with E-state index in [4.69, 9.17) is 5.73 Å². The van der Waals surface area contributed by atoms with Gasteiger partial charge >= 0.3 is 0 Å². The number of hydrogen-bond acceptors (Lipinski definition) is 5. The Bertz CT molecular complexity index is 1080. The normalized spacial score (nSPS) is 10.5. The van der Waals surface area contributed by atoms with Crippen molar-refractivity contribution in [2.75, 3.05) is 11.1 Å². The molecule has 0 aliphatic heterocycles. The van der Waals surface area contributed by atoms with E-state index in [2.05, 4.69) is 10.3 Å².